The third-order valence-electron chi connectivity index (χ3n) is 5.87. The molecule has 6 nitrogen and oxygen atoms in total. The van der Waals surface area contributed by atoms with Crippen molar-refractivity contribution in [2.75, 3.05) is 26.8 Å². The summed E-state index contributed by atoms with van der Waals surface area (Å²) in [6.07, 6.45) is -4.07. The first-order valence-corrected chi connectivity index (χ1v) is 12.6. The molecule has 37 heavy (non-hydrogen) atoms. The Morgan fingerprint density at radius 3 is 2.49 bits per heavy atom. The number of alkyl halides is 3. The van der Waals surface area contributed by atoms with Crippen LogP contribution in [0.5, 0.6) is 0 Å². The Hall–Kier alpha value is -3.21. The van der Waals surface area contributed by atoms with Crippen molar-refractivity contribution in [3.05, 3.63) is 92.6 Å². The number of thiophene rings is 1. The van der Waals surface area contributed by atoms with Gasteiger partial charge in [0, 0.05) is 30.7 Å². The number of benzene rings is 2. The van der Waals surface area contributed by atoms with E-state index in [2.05, 4.69) is 5.10 Å². The summed E-state index contributed by atoms with van der Waals surface area (Å²) in [6, 6.07) is 14.4. The summed E-state index contributed by atoms with van der Waals surface area (Å²) in [6.45, 7) is -0.142. The molecular weight excluding hydrogens is 527 g/mol. The van der Waals surface area contributed by atoms with Gasteiger partial charge < -0.3 is 9.64 Å². The molecule has 2 amide bonds. The third-order valence-corrected chi connectivity index (χ3v) is 7.14. The topological polar surface area (TPSA) is 62.2 Å². The van der Waals surface area contributed by atoms with E-state index in [-0.39, 0.29) is 25.3 Å². The lowest BCUT2D eigenvalue weighted by molar-refractivity contribution is -0.137. The molecule has 11 heteroatoms. The number of carbonyl (C=O) groups is 2. The molecule has 194 valence electrons. The molecule has 0 N–H and O–H groups in total. The number of hydrazone groups is 1. The van der Waals surface area contributed by atoms with E-state index < -0.39 is 29.6 Å². The maximum Gasteiger partial charge on any atom is 0.416 e. The summed E-state index contributed by atoms with van der Waals surface area (Å²) in [4.78, 5) is 28.9. The lowest BCUT2D eigenvalue weighted by Gasteiger charge is -2.27. The fraction of sp³-hybridized carbons (Fsp3) is 0.269. The van der Waals surface area contributed by atoms with Crippen LogP contribution < -0.4 is 0 Å². The number of hydrogen-bond acceptors (Lipinski definition) is 5. The van der Waals surface area contributed by atoms with Gasteiger partial charge in [-0.1, -0.05) is 35.9 Å². The molecule has 0 aliphatic carbocycles. The zero-order valence-electron chi connectivity index (χ0n) is 19.7. The molecule has 0 saturated heterocycles. The lowest BCUT2D eigenvalue weighted by atomic mass is 10.0. The first-order chi connectivity index (χ1) is 17.7. The van der Waals surface area contributed by atoms with Gasteiger partial charge in [-0.2, -0.15) is 18.3 Å². The van der Waals surface area contributed by atoms with Crippen LogP contribution in [0.2, 0.25) is 5.02 Å². The van der Waals surface area contributed by atoms with Crippen molar-refractivity contribution >= 4 is 40.5 Å². The van der Waals surface area contributed by atoms with Crippen LogP contribution in [0.1, 0.15) is 38.8 Å². The van der Waals surface area contributed by atoms with Gasteiger partial charge in [0.2, 0.25) is 0 Å². The highest BCUT2D eigenvalue weighted by atomic mass is 35.5. The van der Waals surface area contributed by atoms with Crippen LogP contribution in [0, 0.1) is 0 Å². The summed E-state index contributed by atoms with van der Waals surface area (Å²) in [5, 5.41) is 8.34. The maximum absolute atomic E-state index is 13.5. The number of ether oxygens (including phenoxy) is 1. The van der Waals surface area contributed by atoms with Gasteiger partial charge in [-0.3, -0.25) is 9.59 Å². The van der Waals surface area contributed by atoms with Gasteiger partial charge in [-0.05, 0) is 47.3 Å². The van der Waals surface area contributed by atoms with E-state index in [1.54, 1.807) is 12.1 Å². The Labute approximate surface area is 220 Å². The molecule has 2 heterocycles. The van der Waals surface area contributed by atoms with Crippen LogP contribution in [-0.2, 0) is 15.7 Å². The van der Waals surface area contributed by atoms with Gasteiger partial charge >= 0.3 is 6.18 Å². The average molecular weight is 550 g/mol. The molecule has 1 aliphatic heterocycles. The van der Waals surface area contributed by atoms with E-state index in [4.69, 9.17) is 16.3 Å². The van der Waals surface area contributed by atoms with Crippen molar-refractivity contribution in [2.24, 2.45) is 5.10 Å². The Morgan fingerprint density at radius 2 is 1.86 bits per heavy atom. The van der Waals surface area contributed by atoms with Gasteiger partial charge in [0.15, 0.2) is 0 Å². The molecule has 0 bridgehead atoms. The minimum absolute atomic E-state index is 0.0313. The molecule has 0 fully saturated rings. The lowest BCUT2D eigenvalue weighted by Crippen LogP contribution is -2.42. The normalized spacial score (nSPS) is 15.5. The van der Waals surface area contributed by atoms with E-state index in [0.717, 1.165) is 40.4 Å². The number of carbonyl (C=O) groups excluding carboxylic acids is 2. The van der Waals surface area contributed by atoms with Gasteiger partial charge in [0.05, 0.1) is 28.8 Å². The minimum Gasteiger partial charge on any atom is -0.383 e. The van der Waals surface area contributed by atoms with Crippen molar-refractivity contribution in [1.82, 2.24) is 9.91 Å². The number of amides is 2. The largest absolute Gasteiger partial charge is 0.416 e. The first kappa shape index (κ1) is 26.8. The van der Waals surface area contributed by atoms with Crippen LogP contribution in [-0.4, -0.2) is 54.2 Å². The summed E-state index contributed by atoms with van der Waals surface area (Å²) >= 11 is 7.95. The number of halogens is 4. The SMILES string of the molecule is COCCN(CC(=O)N1N=C(c2cccs2)CC1c1ccccc1Cl)C(=O)c1ccc(C(F)(F)F)cc1. The highest BCUT2D eigenvalue weighted by Crippen LogP contribution is 2.37. The van der Waals surface area contributed by atoms with Gasteiger partial charge in [-0.15, -0.1) is 11.3 Å². The van der Waals surface area contributed by atoms with E-state index >= 15 is 0 Å². The highest BCUT2D eigenvalue weighted by molar-refractivity contribution is 7.12. The minimum atomic E-state index is -4.52. The molecule has 3 aromatic rings. The van der Waals surface area contributed by atoms with Gasteiger partial charge in [-0.25, -0.2) is 5.01 Å². The third kappa shape index (κ3) is 6.20. The van der Waals surface area contributed by atoms with Crippen LogP contribution in [0.3, 0.4) is 0 Å². The molecule has 0 saturated carbocycles. The van der Waals surface area contributed by atoms with Crippen molar-refractivity contribution in [3.8, 4) is 0 Å². The summed E-state index contributed by atoms with van der Waals surface area (Å²) < 4.78 is 43.9. The Morgan fingerprint density at radius 1 is 1.14 bits per heavy atom. The predicted octanol–water partition coefficient (Wildman–Crippen LogP) is 5.89. The quantitative estimate of drug-likeness (QED) is 0.352. The second kappa shape index (κ2) is 11.5. The van der Waals surface area contributed by atoms with Crippen LogP contribution in [0.4, 0.5) is 13.2 Å². The molecular formula is C26H23ClF3N3O3S. The second-order valence-corrected chi connectivity index (χ2v) is 9.65. The molecule has 0 radical (unpaired) electrons. The number of methoxy groups -OCH3 is 1. The zero-order chi connectivity index (χ0) is 26.6. The molecule has 1 aliphatic rings. The molecule has 2 aromatic carbocycles. The molecule has 1 aromatic heterocycles. The number of nitrogens with zero attached hydrogens (tertiary/aromatic N) is 3. The van der Waals surface area contributed by atoms with Crippen LogP contribution in [0.15, 0.2) is 71.1 Å². The standard InChI is InChI=1S/C26H23ClF3N3O3S/c1-36-13-12-32(25(35)17-8-10-18(11-9-17)26(28,29)30)16-24(34)33-22(19-5-2-3-6-20(19)27)15-21(31-33)23-7-4-14-37-23/h2-11,14,22H,12-13,15-16H2,1H3. The van der Waals surface area contributed by atoms with Crippen molar-refractivity contribution in [1.29, 1.82) is 0 Å². The fourth-order valence-corrected chi connectivity index (χ4v) is 4.98. The maximum atomic E-state index is 13.5. The number of hydrogen-bond donors (Lipinski definition) is 0. The van der Waals surface area contributed by atoms with Gasteiger partial charge in [0.1, 0.15) is 6.54 Å². The zero-order valence-corrected chi connectivity index (χ0v) is 21.3. The average Bonchev–Trinajstić information content (AvgIpc) is 3.56. The van der Waals surface area contributed by atoms with Crippen molar-refractivity contribution in [2.45, 2.75) is 18.6 Å². The van der Waals surface area contributed by atoms with Crippen molar-refractivity contribution in [3.63, 3.8) is 0 Å². The highest BCUT2D eigenvalue weighted by Gasteiger charge is 2.36. The molecule has 1 unspecified atom stereocenters. The molecule has 1 atom stereocenters. The fourth-order valence-electron chi connectivity index (χ4n) is 3.99. The van der Waals surface area contributed by atoms with E-state index in [0.29, 0.717) is 11.4 Å². The Bertz CT molecular complexity index is 1280. The van der Waals surface area contributed by atoms with Gasteiger partial charge in [0.25, 0.3) is 11.8 Å². The summed E-state index contributed by atoms with van der Waals surface area (Å²) in [5.74, 6) is -1.04. The molecule has 0 spiro atoms. The summed E-state index contributed by atoms with van der Waals surface area (Å²) in [7, 11) is 1.45. The van der Waals surface area contributed by atoms with E-state index in [1.807, 2.05) is 29.6 Å². The Balaban J connectivity index is 1.60. The Kier molecular flexibility index (Phi) is 8.31. The van der Waals surface area contributed by atoms with E-state index in [9.17, 15) is 22.8 Å². The first-order valence-electron chi connectivity index (χ1n) is 11.3. The summed E-state index contributed by atoms with van der Waals surface area (Å²) in [5.41, 5.74) is 0.624. The molecule has 4 rings (SSSR count). The van der Waals surface area contributed by atoms with Crippen LogP contribution in [0.25, 0.3) is 0 Å². The predicted molar refractivity (Wildman–Crippen MR) is 136 cm³/mol. The smallest absolute Gasteiger partial charge is 0.383 e. The second-order valence-electron chi connectivity index (χ2n) is 8.30. The van der Waals surface area contributed by atoms with E-state index in [1.165, 1.54) is 28.4 Å². The van der Waals surface area contributed by atoms with Crippen LogP contribution >= 0.6 is 22.9 Å². The number of rotatable bonds is 8. The van der Waals surface area contributed by atoms with Crippen molar-refractivity contribution < 1.29 is 27.5 Å². The monoisotopic (exact) mass is 549 g/mol.